The van der Waals surface area contributed by atoms with E-state index in [0.717, 1.165) is 44.7 Å². The molecule has 1 saturated heterocycles. The molecule has 25 heavy (non-hydrogen) atoms. The highest BCUT2D eigenvalue weighted by Crippen LogP contribution is 2.16. The zero-order chi connectivity index (χ0) is 17.6. The molecule has 7 nitrogen and oxygen atoms in total. The van der Waals surface area contributed by atoms with E-state index in [-0.39, 0.29) is 5.91 Å². The first kappa shape index (κ1) is 17.3. The largest absolute Gasteiger partial charge is 0.335 e. The molecule has 0 bridgehead atoms. The van der Waals surface area contributed by atoms with Crippen molar-refractivity contribution in [3.05, 3.63) is 41.7 Å². The molecular weight excluding hydrogens is 316 g/mol. The van der Waals surface area contributed by atoms with Gasteiger partial charge in [0.05, 0.1) is 0 Å². The standard InChI is InChI=1S/C18H24N6O/c1-3-9-22-10-12-23(13-11-22)18(25)17(24-15(2)19-20-21-24)14-16-7-5-4-6-8-16/h4-8,14H,3,9-13H2,1-2H3/b17-14+. The van der Waals surface area contributed by atoms with Gasteiger partial charge in [-0.05, 0) is 42.0 Å². The molecule has 1 aromatic heterocycles. The van der Waals surface area contributed by atoms with Crippen LogP contribution in [0.15, 0.2) is 30.3 Å². The van der Waals surface area contributed by atoms with Crippen molar-refractivity contribution in [1.29, 1.82) is 0 Å². The van der Waals surface area contributed by atoms with Crippen molar-refractivity contribution in [1.82, 2.24) is 30.0 Å². The molecule has 2 aromatic rings. The SMILES string of the molecule is CCCN1CCN(C(=O)/C(=C\c2ccccc2)n2nnnc2C)CC1. The first-order valence-electron chi connectivity index (χ1n) is 8.72. The highest BCUT2D eigenvalue weighted by molar-refractivity contribution is 6.18. The van der Waals surface area contributed by atoms with E-state index in [0.29, 0.717) is 11.5 Å². The Bertz CT molecular complexity index is 731. The lowest BCUT2D eigenvalue weighted by Crippen LogP contribution is -2.49. The van der Waals surface area contributed by atoms with Gasteiger partial charge in [0, 0.05) is 26.2 Å². The molecule has 3 rings (SSSR count). The predicted octanol–water partition coefficient (Wildman–Crippen LogP) is 1.53. The van der Waals surface area contributed by atoms with Crippen LogP contribution in [0.25, 0.3) is 11.8 Å². The molecule has 1 aliphatic heterocycles. The zero-order valence-corrected chi connectivity index (χ0v) is 14.8. The van der Waals surface area contributed by atoms with Crippen molar-refractivity contribution < 1.29 is 4.79 Å². The van der Waals surface area contributed by atoms with Crippen LogP contribution in [0.2, 0.25) is 0 Å². The highest BCUT2D eigenvalue weighted by Gasteiger charge is 2.25. The van der Waals surface area contributed by atoms with Crippen LogP contribution in [0.1, 0.15) is 24.7 Å². The van der Waals surface area contributed by atoms with E-state index in [4.69, 9.17) is 0 Å². The summed E-state index contributed by atoms with van der Waals surface area (Å²) < 4.78 is 1.52. The molecule has 0 N–H and O–H groups in total. The van der Waals surface area contributed by atoms with Gasteiger partial charge in [-0.1, -0.05) is 37.3 Å². The van der Waals surface area contributed by atoms with E-state index < -0.39 is 0 Å². The Morgan fingerprint density at radius 1 is 1.16 bits per heavy atom. The summed E-state index contributed by atoms with van der Waals surface area (Å²) in [4.78, 5) is 17.4. The normalized spacial score (nSPS) is 16.2. The average Bonchev–Trinajstić information content (AvgIpc) is 3.07. The third kappa shape index (κ3) is 4.11. The summed E-state index contributed by atoms with van der Waals surface area (Å²) in [6.45, 7) is 8.34. The summed E-state index contributed by atoms with van der Waals surface area (Å²) in [6, 6.07) is 9.78. The molecule has 1 amide bonds. The van der Waals surface area contributed by atoms with Crippen LogP contribution < -0.4 is 0 Å². The lowest BCUT2D eigenvalue weighted by Gasteiger charge is -2.34. The number of hydrogen-bond acceptors (Lipinski definition) is 5. The lowest BCUT2D eigenvalue weighted by atomic mass is 10.1. The molecule has 0 aliphatic carbocycles. The predicted molar refractivity (Wildman–Crippen MR) is 96.5 cm³/mol. The fourth-order valence-electron chi connectivity index (χ4n) is 3.03. The van der Waals surface area contributed by atoms with Crippen molar-refractivity contribution in [3.63, 3.8) is 0 Å². The number of amides is 1. The number of aryl methyl sites for hydroxylation is 1. The van der Waals surface area contributed by atoms with Gasteiger partial charge in [-0.3, -0.25) is 9.69 Å². The second kappa shape index (κ2) is 8.02. The molecule has 2 heterocycles. The number of tetrazole rings is 1. The number of piperazine rings is 1. The summed E-state index contributed by atoms with van der Waals surface area (Å²) in [5.74, 6) is 0.565. The minimum atomic E-state index is -0.0320. The summed E-state index contributed by atoms with van der Waals surface area (Å²) in [5.41, 5.74) is 1.43. The number of carbonyl (C=O) groups is 1. The molecule has 7 heteroatoms. The first-order chi connectivity index (χ1) is 12.2. The first-order valence-corrected chi connectivity index (χ1v) is 8.72. The lowest BCUT2D eigenvalue weighted by molar-refractivity contribution is -0.127. The maximum absolute atomic E-state index is 13.1. The Hall–Kier alpha value is -2.54. The number of aromatic nitrogens is 4. The second-order valence-corrected chi connectivity index (χ2v) is 6.21. The fraction of sp³-hybridized carbons (Fsp3) is 0.444. The minimum Gasteiger partial charge on any atom is -0.335 e. The van der Waals surface area contributed by atoms with E-state index in [1.807, 2.05) is 41.3 Å². The van der Waals surface area contributed by atoms with Gasteiger partial charge in [0.1, 0.15) is 5.70 Å². The van der Waals surface area contributed by atoms with Gasteiger partial charge < -0.3 is 4.90 Å². The molecule has 0 spiro atoms. The van der Waals surface area contributed by atoms with Crippen LogP contribution >= 0.6 is 0 Å². The van der Waals surface area contributed by atoms with E-state index in [1.54, 1.807) is 6.92 Å². The fourth-order valence-corrected chi connectivity index (χ4v) is 3.03. The van der Waals surface area contributed by atoms with E-state index in [1.165, 1.54) is 4.68 Å². The average molecular weight is 340 g/mol. The maximum Gasteiger partial charge on any atom is 0.272 e. The van der Waals surface area contributed by atoms with Gasteiger partial charge in [0.25, 0.3) is 5.91 Å². The molecule has 0 atom stereocenters. The Kier molecular flexibility index (Phi) is 5.55. The molecular formula is C18H24N6O. The third-order valence-corrected chi connectivity index (χ3v) is 4.38. The van der Waals surface area contributed by atoms with Crippen LogP contribution in [0, 0.1) is 6.92 Å². The second-order valence-electron chi connectivity index (χ2n) is 6.21. The van der Waals surface area contributed by atoms with Crippen molar-refractivity contribution in [2.24, 2.45) is 0 Å². The topological polar surface area (TPSA) is 67.2 Å². The Morgan fingerprint density at radius 2 is 1.88 bits per heavy atom. The van der Waals surface area contributed by atoms with Crippen LogP contribution in [-0.2, 0) is 4.79 Å². The molecule has 1 fully saturated rings. The summed E-state index contributed by atoms with van der Waals surface area (Å²) in [7, 11) is 0. The molecule has 0 radical (unpaired) electrons. The monoisotopic (exact) mass is 340 g/mol. The number of carbonyl (C=O) groups excluding carboxylic acids is 1. The molecule has 0 unspecified atom stereocenters. The van der Waals surface area contributed by atoms with Crippen LogP contribution in [0.3, 0.4) is 0 Å². The molecule has 0 saturated carbocycles. The minimum absolute atomic E-state index is 0.0320. The molecule has 1 aliphatic rings. The van der Waals surface area contributed by atoms with Gasteiger partial charge in [0.15, 0.2) is 5.82 Å². The Labute approximate surface area is 147 Å². The van der Waals surface area contributed by atoms with Crippen LogP contribution in [-0.4, -0.2) is 68.6 Å². The van der Waals surface area contributed by atoms with Crippen LogP contribution in [0.5, 0.6) is 0 Å². The zero-order valence-electron chi connectivity index (χ0n) is 14.8. The van der Waals surface area contributed by atoms with Crippen molar-refractivity contribution in [2.75, 3.05) is 32.7 Å². The van der Waals surface area contributed by atoms with E-state index in [2.05, 4.69) is 27.3 Å². The number of rotatable bonds is 5. The summed E-state index contributed by atoms with van der Waals surface area (Å²) in [5, 5.41) is 11.6. The van der Waals surface area contributed by atoms with E-state index in [9.17, 15) is 4.79 Å². The van der Waals surface area contributed by atoms with Gasteiger partial charge in [-0.25, -0.2) is 0 Å². The molecule has 132 valence electrons. The van der Waals surface area contributed by atoms with Crippen LogP contribution in [0.4, 0.5) is 0 Å². The highest BCUT2D eigenvalue weighted by atomic mass is 16.2. The quantitative estimate of drug-likeness (QED) is 0.772. The van der Waals surface area contributed by atoms with Crippen molar-refractivity contribution in [3.8, 4) is 0 Å². The van der Waals surface area contributed by atoms with Gasteiger partial charge >= 0.3 is 0 Å². The number of hydrogen-bond donors (Lipinski definition) is 0. The number of nitrogens with zero attached hydrogens (tertiary/aromatic N) is 6. The van der Waals surface area contributed by atoms with Crippen molar-refractivity contribution >= 4 is 17.7 Å². The van der Waals surface area contributed by atoms with Gasteiger partial charge in [-0.15, -0.1) is 5.10 Å². The summed E-state index contributed by atoms with van der Waals surface area (Å²) >= 11 is 0. The summed E-state index contributed by atoms with van der Waals surface area (Å²) in [6.07, 6.45) is 2.99. The third-order valence-electron chi connectivity index (χ3n) is 4.38. The van der Waals surface area contributed by atoms with Gasteiger partial charge in [-0.2, -0.15) is 4.68 Å². The smallest absolute Gasteiger partial charge is 0.272 e. The van der Waals surface area contributed by atoms with E-state index >= 15 is 0 Å². The Balaban J connectivity index is 1.84. The number of benzene rings is 1. The maximum atomic E-state index is 13.1. The van der Waals surface area contributed by atoms with Crippen molar-refractivity contribution in [2.45, 2.75) is 20.3 Å². The van der Waals surface area contributed by atoms with Gasteiger partial charge in [0.2, 0.25) is 0 Å². The molecule has 1 aromatic carbocycles. The Morgan fingerprint density at radius 3 is 2.48 bits per heavy atom.